The largest absolute Gasteiger partial charge is 0.383 e. The molecular weight excluding hydrogens is 333 g/mol. The number of halogens is 2. The van der Waals surface area contributed by atoms with E-state index in [-0.39, 0.29) is 17.1 Å². The summed E-state index contributed by atoms with van der Waals surface area (Å²) in [4.78, 5) is 20.2. The molecule has 2 aliphatic rings. The van der Waals surface area contributed by atoms with E-state index in [9.17, 15) is 9.18 Å². The maximum atomic E-state index is 14.2. The minimum Gasteiger partial charge on any atom is -0.383 e. The minimum atomic E-state index is -0.386. The Morgan fingerprint density at radius 2 is 2.25 bits per heavy atom. The van der Waals surface area contributed by atoms with E-state index < -0.39 is 0 Å². The van der Waals surface area contributed by atoms with Crippen LogP contribution in [0.5, 0.6) is 0 Å². The Morgan fingerprint density at radius 1 is 1.42 bits per heavy atom. The van der Waals surface area contributed by atoms with Gasteiger partial charge in [-0.2, -0.15) is 0 Å². The average molecular weight is 356 g/mol. The first-order valence-corrected chi connectivity index (χ1v) is 8.73. The molecule has 1 aromatic rings. The maximum Gasteiger partial charge on any atom is 0.222 e. The van der Waals surface area contributed by atoms with Crippen molar-refractivity contribution in [2.24, 2.45) is 5.41 Å². The van der Waals surface area contributed by atoms with E-state index in [0.717, 1.165) is 32.4 Å². The van der Waals surface area contributed by atoms with Crippen LogP contribution in [-0.2, 0) is 9.53 Å². The topological polar surface area (TPSA) is 45.7 Å². The van der Waals surface area contributed by atoms with Crippen molar-refractivity contribution in [1.82, 2.24) is 9.88 Å². The summed E-state index contributed by atoms with van der Waals surface area (Å²) in [5.74, 6) is 0.159. The first-order valence-electron chi connectivity index (χ1n) is 8.36. The lowest BCUT2D eigenvalue weighted by molar-refractivity contribution is -0.138. The number of carbonyl (C=O) groups is 1. The maximum absolute atomic E-state index is 14.2. The Kier molecular flexibility index (Phi) is 5.25. The molecular formula is C17H23ClFN3O2. The van der Waals surface area contributed by atoms with Gasteiger partial charge in [0.05, 0.1) is 11.6 Å². The number of ether oxygens (including phenoxy) is 1. The molecule has 5 nitrogen and oxygen atoms in total. The standard InChI is InChI=1S/C17H23ClFN3O2/c1-24-8-7-21-11-17(5-3-15(21)23)4-2-6-22(12-17)16-14(19)9-13(18)10-20-16/h9-10H,2-8,11-12H2,1H3/t17-/m1/s1. The van der Waals surface area contributed by atoms with Crippen molar-refractivity contribution < 1.29 is 13.9 Å². The highest BCUT2D eigenvalue weighted by Crippen LogP contribution is 2.40. The second kappa shape index (κ2) is 7.23. The van der Waals surface area contributed by atoms with Crippen molar-refractivity contribution in [3.8, 4) is 0 Å². The van der Waals surface area contributed by atoms with Crippen LogP contribution in [0.3, 0.4) is 0 Å². The number of piperidine rings is 2. The molecule has 1 aromatic heterocycles. The fourth-order valence-corrected chi connectivity index (χ4v) is 4.01. The van der Waals surface area contributed by atoms with Gasteiger partial charge in [0.1, 0.15) is 0 Å². The molecule has 1 spiro atoms. The number of carbonyl (C=O) groups excluding carboxylic acids is 1. The molecule has 0 aromatic carbocycles. The number of anilines is 1. The molecule has 132 valence electrons. The van der Waals surface area contributed by atoms with Crippen molar-refractivity contribution in [3.63, 3.8) is 0 Å². The molecule has 1 atom stereocenters. The van der Waals surface area contributed by atoms with Crippen molar-refractivity contribution in [2.75, 3.05) is 44.8 Å². The third-order valence-corrected chi connectivity index (χ3v) is 5.27. The van der Waals surface area contributed by atoms with Crippen LogP contribution < -0.4 is 4.90 Å². The van der Waals surface area contributed by atoms with Gasteiger partial charge in [-0.1, -0.05) is 11.6 Å². The second-order valence-electron chi connectivity index (χ2n) is 6.79. The number of likely N-dealkylation sites (tertiary alicyclic amines) is 1. The zero-order valence-electron chi connectivity index (χ0n) is 13.9. The van der Waals surface area contributed by atoms with E-state index >= 15 is 0 Å². The summed E-state index contributed by atoms with van der Waals surface area (Å²) in [5, 5.41) is 0.303. The highest BCUT2D eigenvalue weighted by Gasteiger charge is 2.42. The van der Waals surface area contributed by atoms with E-state index in [1.807, 2.05) is 9.80 Å². The summed E-state index contributed by atoms with van der Waals surface area (Å²) in [6.07, 6.45) is 4.90. The summed E-state index contributed by atoms with van der Waals surface area (Å²) in [6, 6.07) is 1.31. The molecule has 2 aliphatic heterocycles. The Balaban J connectivity index is 1.75. The fraction of sp³-hybridized carbons (Fsp3) is 0.647. The monoisotopic (exact) mass is 355 g/mol. The normalized spacial score (nSPS) is 24.7. The van der Waals surface area contributed by atoms with Crippen LogP contribution in [0.15, 0.2) is 12.3 Å². The van der Waals surface area contributed by atoms with Crippen molar-refractivity contribution in [1.29, 1.82) is 0 Å². The number of hydrogen-bond donors (Lipinski definition) is 0. The van der Waals surface area contributed by atoms with Crippen LogP contribution in [0.4, 0.5) is 10.2 Å². The highest BCUT2D eigenvalue weighted by molar-refractivity contribution is 6.30. The van der Waals surface area contributed by atoms with Crippen molar-refractivity contribution in [2.45, 2.75) is 25.7 Å². The quantitative estimate of drug-likeness (QED) is 0.833. The number of amides is 1. The molecule has 2 saturated heterocycles. The molecule has 0 N–H and O–H groups in total. The third-order valence-electron chi connectivity index (χ3n) is 5.06. The Hall–Kier alpha value is -1.40. The summed E-state index contributed by atoms with van der Waals surface area (Å²) in [6.45, 7) is 3.36. The highest BCUT2D eigenvalue weighted by atomic mass is 35.5. The number of aromatic nitrogens is 1. The lowest BCUT2D eigenvalue weighted by atomic mass is 9.73. The van der Waals surface area contributed by atoms with E-state index in [1.54, 1.807) is 7.11 Å². The minimum absolute atomic E-state index is 0.00760. The van der Waals surface area contributed by atoms with Gasteiger partial charge in [0.15, 0.2) is 11.6 Å². The lowest BCUT2D eigenvalue weighted by Gasteiger charge is -2.48. The number of nitrogens with zero attached hydrogens (tertiary/aromatic N) is 3. The van der Waals surface area contributed by atoms with Crippen LogP contribution in [0.2, 0.25) is 5.02 Å². The Bertz CT molecular complexity index is 615. The summed E-state index contributed by atoms with van der Waals surface area (Å²) >= 11 is 5.80. The second-order valence-corrected chi connectivity index (χ2v) is 7.23. The molecule has 0 bridgehead atoms. The molecule has 1 amide bonds. The molecule has 24 heavy (non-hydrogen) atoms. The number of pyridine rings is 1. The zero-order valence-corrected chi connectivity index (χ0v) is 14.7. The smallest absolute Gasteiger partial charge is 0.222 e. The van der Waals surface area contributed by atoms with Gasteiger partial charge in [0, 0.05) is 51.3 Å². The Morgan fingerprint density at radius 3 is 3.00 bits per heavy atom. The van der Waals surface area contributed by atoms with Gasteiger partial charge in [-0.25, -0.2) is 9.37 Å². The van der Waals surface area contributed by atoms with E-state index in [4.69, 9.17) is 16.3 Å². The lowest BCUT2D eigenvalue weighted by Crippen LogP contribution is -2.54. The van der Waals surface area contributed by atoms with Crippen LogP contribution in [-0.4, -0.2) is 55.7 Å². The molecule has 0 aliphatic carbocycles. The summed E-state index contributed by atoms with van der Waals surface area (Å²) < 4.78 is 19.3. The van der Waals surface area contributed by atoms with Crippen molar-refractivity contribution >= 4 is 23.3 Å². The molecule has 0 saturated carbocycles. The van der Waals surface area contributed by atoms with E-state index in [2.05, 4.69) is 4.98 Å². The summed E-state index contributed by atoms with van der Waals surface area (Å²) in [5.41, 5.74) is 0.00760. The Labute approximate surface area is 146 Å². The molecule has 3 heterocycles. The summed E-state index contributed by atoms with van der Waals surface area (Å²) in [7, 11) is 1.64. The number of methoxy groups -OCH3 is 1. The van der Waals surface area contributed by atoms with Gasteiger partial charge in [0.25, 0.3) is 0 Å². The predicted octanol–water partition coefficient (Wildman–Crippen LogP) is 2.73. The SMILES string of the molecule is COCCN1C[C@@]2(CCCN(c3ncc(Cl)cc3F)C2)CCC1=O. The number of hydrogen-bond acceptors (Lipinski definition) is 4. The fourth-order valence-electron chi connectivity index (χ4n) is 3.87. The van der Waals surface area contributed by atoms with E-state index in [1.165, 1.54) is 12.3 Å². The van der Waals surface area contributed by atoms with Gasteiger partial charge in [-0.15, -0.1) is 0 Å². The van der Waals surface area contributed by atoms with Gasteiger partial charge in [0.2, 0.25) is 5.91 Å². The van der Waals surface area contributed by atoms with Gasteiger partial charge in [-0.05, 0) is 25.3 Å². The van der Waals surface area contributed by atoms with Crippen LogP contribution in [0.25, 0.3) is 0 Å². The first kappa shape index (κ1) is 17.4. The van der Waals surface area contributed by atoms with Crippen LogP contribution >= 0.6 is 11.6 Å². The predicted molar refractivity (Wildman–Crippen MR) is 90.8 cm³/mol. The number of rotatable bonds is 4. The van der Waals surface area contributed by atoms with Crippen LogP contribution in [0, 0.1) is 11.2 Å². The molecule has 0 radical (unpaired) electrons. The third kappa shape index (κ3) is 3.64. The molecule has 2 fully saturated rings. The van der Waals surface area contributed by atoms with E-state index in [0.29, 0.717) is 37.0 Å². The molecule has 0 unspecified atom stereocenters. The molecule has 7 heteroatoms. The van der Waals surface area contributed by atoms with Crippen molar-refractivity contribution in [3.05, 3.63) is 23.1 Å². The van der Waals surface area contributed by atoms with Gasteiger partial charge >= 0.3 is 0 Å². The average Bonchev–Trinajstić information content (AvgIpc) is 2.56. The molecule has 3 rings (SSSR count). The zero-order chi connectivity index (χ0) is 17.2. The first-order chi connectivity index (χ1) is 11.5. The van der Waals surface area contributed by atoms with Gasteiger partial charge in [-0.3, -0.25) is 4.79 Å². The van der Waals surface area contributed by atoms with Crippen LogP contribution in [0.1, 0.15) is 25.7 Å². The van der Waals surface area contributed by atoms with Gasteiger partial charge < -0.3 is 14.5 Å².